The van der Waals surface area contributed by atoms with Crippen LogP contribution in [0.1, 0.15) is 17.2 Å². The van der Waals surface area contributed by atoms with Crippen molar-refractivity contribution in [2.45, 2.75) is 26.2 Å². The molecule has 0 radical (unpaired) electrons. The Bertz CT molecular complexity index is 939. The van der Waals surface area contributed by atoms with Gasteiger partial charge in [-0.15, -0.1) is 0 Å². The van der Waals surface area contributed by atoms with Crippen molar-refractivity contribution in [2.24, 2.45) is 0 Å². The molecule has 0 saturated heterocycles. The lowest BCUT2D eigenvalue weighted by atomic mass is 10.1. The highest BCUT2D eigenvalue weighted by molar-refractivity contribution is 5.77. The van der Waals surface area contributed by atoms with Gasteiger partial charge in [0.05, 0.1) is 29.9 Å². The molecule has 0 fully saturated rings. The molecule has 0 bridgehead atoms. The summed E-state index contributed by atoms with van der Waals surface area (Å²) in [6.07, 6.45) is 0.402. The number of ether oxygens (including phenoxy) is 1. The standard InChI is InChI=1S/C18H16F2N2O3/c1-11-2-7-15-14(8-11)17(24)22(10-21-15)9-16(23)12-3-5-13(6-4-12)25-18(19)20/h2-8,10,16,18,23H,9H2,1H3. The van der Waals surface area contributed by atoms with Gasteiger partial charge in [0, 0.05) is 0 Å². The van der Waals surface area contributed by atoms with Gasteiger partial charge in [-0.05, 0) is 36.8 Å². The third-order valence-corrected chi connectivity index (χ3v) is 3.84. The molecule has 0 aliphatic heterocycles. The highest BCUT2D eigenvalue weighted by atomic mass is 19.3. The van der Waals surface area contributed by atoms with Crippen molar-refractivity contribution in [3.05, 3.63) is 70.3 Å². The van der Waals surface area contributed by atoms with E-state index in [4.69, 9.17) is 0 Å². The molecule has 3 aromatic rings. The molecule has 1 atom stereocenters. The van der Waals surface area contributed by atoms with Crippen LogP contribution in [0.3, 0.4) is 0 Å². The smallest absolute Gasteiger partial charge is 0.387 e. The molecule has 1 unspecified atom stereocenters. The van der Waals surface area contributed by atoms with Crippen LogP contribution >= 0.6 is 0 Å². The SMILES string of the molecule is Cc1ccc2ncn(CC(O)c3ccc(OC(F)F)cc3)c(=O)c2c1. The zero-order chi connectivity index (χ0) is 18.0. The molecule has 25 heavy (non-hydrogen) atoms. The minimum Gasteiger partial charge on any atom is -0.435 e. The number of alkyl halides is 2. The van der Waals surface area contributed by atoms with Gasteiger partial charge < -0.3 is 9.84 Å². The summed E-state index contributed by atoms with van der Waals surface area (Å²) < 4.78 is 29.9. The van der Waals surface area contributed by atoms with Crippen molar-refractivity contribution in [1.29, 1.82) is 0 Å². The second kappa shape index (κ2) is 6.98. The van der Waals surface area contributed by atoms with E-state index in [1.807, 2.05) is 13.0 Å². The molecule has 1 N–H and O–H groups in total. The van der Waals surface area contributed by atoms with Crippen molar-refractivity contribution >= 4 is 10.9 Å². The number of benzene rings is 2. The molecule has 1 aromatic heterocycles. The quantitative estimate of drug-likeness (QED) is 0.771. The lowest BCUT2D eigenvalue weighted by Crippen LogP contribution is -2.23. The molecule has 5 nitrogen and oxygen atoms in total. The number of nitrogens with zero attached hydrogens (tertiary/aromatic N) is 2. The number of aliphatic hydroxyl groups excluding tert-OH is 1. The van der Waals surface area contributed by atoms with E-state index in [1.54, 1.807) is 12.1 Å². The molecule has 7 heteroatoms. The lowest BCUT2D eigenvalue weighted by Gasteiger charge is -2.14. The number of aryl methyl sites for hydroxylation is 1. The molecule has 0 saturated carbocycles. The number of hydrogen-bond acceptors (Lipinski definition) is 4. The minimum absolute atomic E-state index is 0.00473. The molecule has 2 aromatic carbocycles. The first-order chi connectivity index (χ1) is 11.9. The fourth-order valence-corrected chi connectivity index (χ4v) is 2.57. The van der Waals surface area contributed by atoms with Gasteiger partial charge in [0.2, 0.25) is 0 Å². The Balaban J connectivity index is 1.83. The molecular weight excluding hydrogens is 330 g/mol. The van der Waals surface area contributed by atoms with Gasteiger partial charge in [-0.25, -0.2) is 4.98 Å². The monoisotopic (exact) mass is 346 g/mol. The summed E-state index contributed by atoms with van der Waals surface area (Å²) in [4.78, 5) is 16.8. The van der Waals surface area contributed by atoms with E-state index >= 15 is 0 Å². The average Bonchev–Trinajstić information content (AvgIpc) is 2.58. The second-order valence-corrected chi connectivity index (χ2v) is 5.69. The zero-order valence-corrected chi connectivity index (χ0v) is 13.4. The molecule has 1 heterocycles. The number of fused-ring (bicyclic) bond motifs is 1. The maximum absolute atomic E-state index is 12.5. The van der Waals surface area contributed by atoms with Crippen molar-refractivity contribution in [1.82, 2.24) is 9.55 Å². The molecule has 0 amide bonds. The predicted molar refractivity (Wildman–Crippen MR) is 88.8 cm³/mol. The summed E-state index contributed by atoms with van der Waals surface area (Å²) in [5.41, 5.74) is 1.78. The number of aliphatic hydroxyl groups is 1. The third kappa shape index (κ3) is 3.83. The summed E-state index contributed by atoms with van der Waals surface area (Å²) in [5, 5.41) is 10.8. The Morgan fingerprint density at radius 2 is 1.92 bits per heavy atom. The summed E-state index contributed by atoms with van der Waals surface area (Å²) in [6.45, 7) is -1.01. The van der Waals surface area contributed by atoms with E-state index in [0.29, 0.717) is 16.5 Å². The van der Waals surface area contributed by atoms with E-state index in [0.717, 1.165) is 5.56 Å². The first kappa shape index (κ1) is 17.0. The highest BCUT2D eigenvalue weighted by Crippen LogP contribution is 2.20. The normalized spacial score (nSPS) is 12.5. The first-order valence-electron chi connectivity index (χ1n) is 7.62. The fraction of sp³-hybridized carbons (Fsp3) is 0.222. The van der Waals surface area contributed by atoms with Crippen LogP contribution in [-0.2, 0) is 6.54 Å². The Morgan fingerprint density at radius 3 is 2.60 bits per heavy atom. The van der Waals surface area contributed by atoms with E-state index < -0.39 is 12.7 Å². The van der Waals surface area contributed by atoms with E-state index in [-0.39, 0.29) is 17.9 Å². The van der Waals surface area contributed by atoms with Gasteiger partial charge in [-0.2, -0.15) is 8.78 Å². The van der Waals surface area contributed by atoms with Crippen LogP contribution in [0.4, 0.5) is 8.78 Å². The molecule has 0 spiro atoms. The first-order valence-corrected chi connectivity index (χ1v) is 7.62. The van der Waals surface area contributed by atoms with Gasteiger partial charge in [-0.1, -0.05) is 23.8 Å². The van der Waals surface area contributed by atoms with Crippen molar-refractivity contribution in [3.63, 3.8) is 0 Å². The van der Waals surface area contributed by atoms with Gasteiger partial charge in [-0.3, -0.25) is 9.36 Å². The van der Waals surface area contributed by atoms with Crippen LogP contribution in [0, 0.1) is 6.92 Å². The Kier molecular flexibility index (Phi) is 4.76. The summed E-state index contributed by atoms with van der Waals surface area (Å²) in [5.74, 6) is 0.00552. The molecule has 3 rings (SSSR count). The van der Waals surface area contributed by atoms with Crippen molar-refractivity contribution < 1.29 is 18.6 Å². The van der Waals surface area contributed by atoms with Crippen LogP contribution in [0.5, 0.6) is 5.75 Å². The molecular formula is C18H16F2N2O3. The van der Waals surface area contributed by atoms with Crippen LogP contribution in [0.15, 0.2) is 53.6 Å². The Morgan fingerprint density at radius 1 is 1.20 bits per heavy atom. The fourth-order valence-electron chi connectivity index (χ4n) is 2.57. The van der Waals surface area contributed by atoms with E-state index in [1.165, 1.54) is 35.2 Å². The predicted octanol–water partition coefficient (Wildman–Crippen LogP) is 3.04. The maximum atomic E-state index is 12.5. The van der Waals surface area contributed by atoms with Crippen LogP contribution in [0.25, 0.3) is 10.9 Å². The van der Waals surface area contributed by atoms with Gasteiger partial charge in [0.25, 0.3) is 5.56 Å². The van der Waals surface area contributed by atoms with Crippen molar-refractivity contribution in [2.75, 3.05) is 0 Å². The summed E-state index contributed by atoms with van der Waals surface area (Å²) in [7, 11) is 0. The summed E-state index contributed by atoms with van der Waals surface area (Å²) >= 11 is 0. The van der Waals surface area contributed by atoms with Crippen LogP contribution in [-0.4, -0.2) is 21.3 Å². The molecule has 0 aliphatic carbocycles. The minimum atomic E-state index is -2.90. The maximum Gasteiger partial charge on any atom is 0.387 e. The second-order valence-electron chi connectivity index (χ2n) is 5.69. The highest BCUT2D eigenvalue weighted by Gasteiger charge is 2.12. The van der Waals surface area contributed by atoms with E-state index in [2.05, 4.69) is 9.72 Å². The van der Waals surface area contributed by atoms with Crippen LogP contribution in [0.2, 0.25) is 0 Å². The van der Waals surface area contributed by atoms with E-state index in [9.17, 15) is 18.7 Å². The lowest BCUT2D eigenvalue weighted by molar-refractivity contribution is -0.0498. The number of rotatable bonds is 5. The Hall–Kier alpha value is -2.80. The molecule has 130 valence electrons. The average molecular weight is 346 g/mol. The zero-order valence-electron chi connectivity index (χ0n) is 13.4. The van der Waals surface area contributed by atoms with Crippen LogP contribution < -0.4 is 10.3 Å². The third-order valence-electron chi connectivity index (χ3n) is 3.84. The summed E-state index contributed by atoms with van der Waals surface area (Å²) in [6, 6.07) is 11.0. The number of halogens is 2. The van der Waals surface area contributed by atoms with Crippen molar-refractivity contribution in [3.8, 4) is 5.75 Å². The molecule has 0 aliphatic rings. The largest absolute Gasteiger partial charge is 0.435 e. The van der Waals surface area contributed by atoms with Gasteiger partial charge in [0.1, 0.15) is 5.75 Å². The number of aromatic nitrogens is 2. The van der Waals surface area contributed by atoms with Gasteiger partial charge >= 0.3 is 6.61 Å². The Labute approximate surface area is 142 Å². The van der Waals surface area contributed by atoms with Gasteiger partial charge in [0.15, 0.2) is 0 Å². The topological polar surface area (TPSA) is 64.3 Å². The number of hydrogen-bond donors (Lipinski definition) is 1.